The van der Waals surface area contributed by atoms with Gasteiger partial charge in [0.2, 0.25) is 5.78 Å². The summed E-state index contributed by atoms with van der Waals surface area (Å²) >= 11 is 6.11. The number of ketones is 2. The Kier molecular flexibility index (Phi) is 2.31. The Morgan fingerprint density at radius 2 is 1.95 bits per heavy atom. The lowest BCUT2D eigenvalue weighted by Crippen LogP contribution is -2.23. The van der Waals surface area contributed by atoms with Gasteiger partial charge in [0.05, 0.1) is 27.9 Å². The number of phenols is 1. The van der Waals surface area contributed by atoms with Crippen LogP contribution in [0.5, 0.6) is 5.75 Å². The molecule has 1 heterocycles. The standard InChI is InChI=1S/C13H9ClN2O3/c1-5-3-7(17)8-9(10(5)14)12(18)6-4-15-16(2)11(6)13(8)19/h3-4,17H,1-2H3. The van der Waals surface area contributed by atoms with Gasteiger partial charge < -0.3 is 5.11 Å². The average molecular weight is 277 g/mol. The van der Waals surface area contributed by atoms with Crippen LogP contribution >= 0.6 is 11.6 Å². The molecule has 0 atom stereocenters. The number of aromatic hydroxyl groups is 1. The first-order valence-electron chi connectivity index (χ1n) is 5.57. The second-order valence-corrected chi connectivity index (χ2v) is 4.84. The molecule has 0 bridgehead atoms. The molecule has 0 aliphatic heterocycles. The predicted octanol–water partition coefficient (Wildman–Crippen LogP) is 1.86. The van der Waals surface area contributed by atoms with Crippen molar-refractivity contribution in [2.45, 2.75) is 6.92 Å². The molecule has 0 spiro atoms. The van der Waals surface area contributed by atoms with Gasteiger partial charge in [-0.25, -0.2) is 0 Å². The van der Waals surface area contributed by atoms with Gasteiger partial charge in [0, 0.05) is 7.05 Å². The Bertz CT molecular complexity index is 762. The van der Waals surface area contributed by atoms with Crippen LogP contribution in [-0.4, -0.2) is 26.5 Å². The van der Waals surface area contributed by atoms with Gasteiger partial charge >= 0.3 is 0 Å². The number of hydrogen-bond acceptors (Lipinski definition) is 4. The Labute approximate surface area is 113 Å². The summed E-state index contributed by atoms with van der Waals surface area (Å²) in [6.45, 7) is 1.67. The number of rotatable bonds is 0. The van der Waals surface area contributed by atoms with E-state index in [0.29, 0.717) is 5.56 Å². The van der Waals surface area contributed by atoms with Crippen LogP contribution in [-0.2, 0) is 7.05 Å². The zero-order valence-corrected chi connectivity index (χ0v) is 10.9. The number of nitrogens with zero attached hydrogens (tertiary/aromatic N) is 2. The van der Waals surface area contributed by atoms with Crippen LogP contribution in [0.2, 0.25) is 5.02 Å². The molecule has 1 aliphatic rings. The second kappa shape index (κ2) is 3.68. The van der Waals surface area contributed by atoms with Crippen LogP contribution in [0, 0.1) is 6.92 Å². The summed E-state index contributed by atoms with van der Waals surface area (Å²) in [7, 11) is 1.57. The number of aryl methyl sites for hydroxylation is 2. The lowest BCUT2D eigenvalue weighted by Gasteiger charge is -2.18. The van der Waals surface area contributed by atoms with Crippen molar-refractivity contribution in [3.05, 3.63) is 45.2 Å². The van der Waals surface area contributed by atoms with Crippen LogP contribution in [0.4, 0.5) is 0 Å². The topological polar surface area (TPSA) is 72.2 Å². The van der Waals surface area contributed by atoms with Crippen molar-refractivity contribution in [3.63, 3.8) is 0 Å². The van der Waals surface area contributed by atoms with E-state index in [1.54, 1.807) is 14.0 Å². The van der Waals surface area contributed by atoms with E-state index in [1.165, 1.54) is 16.9 Å². The van der Waals surface area contributed by atoms with Gasteiger partial charge in [-0.15, -0.1) is 0 Å². The van der Waals surface area contributed by atoms with Crippen molar-refractivity contribution in [1.82, 2.24) is 9.78 Å². The summed E-state index contributed by atoms with van der Waals surface area (Å²) < 4.78 is 1.33. The van der Waals surface area contributed by atoms with Crippen molar-refractivity contribution in [2.24, 2.45) is 7.05 Å². The number of aromatic nitrogens is 2. The molecule has 0 saturated heterocycles. The predicted molar refractivity (Wildman–Crippen MR) is 67.9 cm³/mol. The van der Waals surface area contributed by atoms with E-state index in [4.69, 9.17) is 11.6 Å². The van der Waals surface area contributed by atoms with Crippen LogP contribution in [0.15, 0.2) is 12.3 Å². The number of carbonyl (C=O) groups is 2. The highest BCUT2D eigenvalue weighted by Gasteiger charge is 2.37. The van der Waals surface area contributed by atoms with Gasteiger partial charge in [0.15, 0.2) is 5.78 Å². The first kappa shape index (κ1) is 11.9. The highest BCUT2D eigenvalue weighted by molar-refractivity contribution is 6.39. The fraction of sp³-hybridized carbons (Fsp3) is 0.154. The summed E-state index contributed by atoms with van der Waals surface area (Å²) in [5.74, 6) is -1.06. The van der Waals surface area contributed by atoms with Gasteiger partial charge in [0.25, 0.3) is 0 Å². The van der Waals surface area contributed by atoms with E-state index in [0.717, 1.165) is 0 Å². The molecule has 0 amide bonds. The molecular formula is C13H9ClN2O3. The number of benzene rings is 1. The minimum Gasteiger partial charge on any atom is -0.507 e. The number of phenolic OH excluding ortho intramolecular Hbond substituents is 1. The molecule has 2 aromatic rings. The molecular weight excluding hydrogens is 268 g/mol. The van der Waals surface area contributed by atoms with Crippen molar-refractivity contribution in [3.8, 4) is 5.75 Å². The number of fused-ring (bicyclic) bond motifs is 2. The minimum absolute atomic E-state index is 0.0447. The van der Waals surface area contributed by atoms with E-state index >= 15 is 0 Å². The highest BCUT2D eigenvalue weighted by Crippen LogP contribution is 2.38. The molecule has 5 nitrogen and oxygen atoms in total. The van der Waals surface area contributed by atoms with Crippen molar-refractivity contribution >= 4 is 23.2 Å². The third-order valence-electron chi connectivity index (χ3n) is 3.28. The molecule has 0 fully saturated rings. The van der Waals surface area contributed by atoms with E-state index in [1.807, 2.05) is 0 Å². The summed E-state index contributed by atoms with van der Waals surface area (Å²) in [4.78, 5) is 24.8. The molecule has 19 heavy (non-hydrogen) atoms. The second-order valence-electron chi connectivity index (χ2n) is 4.47. The first-order valence-corrected chi connectivity index (χ1v) is 5.94. The fourth-order valence-corrected chi connectivity index (χ4v) is 2.58. The Morgan fingerprint density at radius 3 is 2.63 bits per heavy atom. The van der Waals surface area contributed by atoms with Crippen molar-refractivity contribution in [1.29, 1.82) is 0 Å². The molecule has 1 aliphatic carbocycles. The van der Waals surface area contributed by atoms with Gasteiger partial charge in [0.1, 0.15) is 11.4 Å². The molecule has 3 rings (SSSR count). The van der Waals surface area contributed by atoms with E-state index in [9.17, 15) is 14.7 Å². The molecule has 0 saturated carbocycles. The maximum atomic E-state index is 12.4. The fourth-order valence-electron chi connectivity index (χ4n) is 2.34. The molecule has 96 valence electrons. The number of carbonyl (C=O) groups excluding carboxylic acids is 2. The molecule has 0 radical (unpaired) electrons. The summed E-state index contributed by atoms with van der Waals surface area (Å²) in [6.07, 6.45) is 1.34. The average Bonchev–Trinajstić information content (AvgIpc) is 2.73. The molecule has 1 N–H and O–H groups in total. The van der Waals surface area contributed by atoms with Gasteiger partial charge in [-0.3, -0.25) is 14.3 Å². The van der Waals surface area contributed by atoms with E-state index in [-0.39, 0.29) is 38.9 Å². The van der Waals surface area contributed by atoms with Crippen molar-refractivity contribution in [2.75, 3.05) is 0 Å². The Balaban J connectivity index is 2.44. The first-order chi connectivity index (χ1) is 8.93. The molecule has 1 aromatic carbocycles. The van der Waals surface area contributed by atoms with Crippen LogP contribution in [0.25, 0.3) is 0 Å². The lowest BCUT2D eigenvalue weighted by molar-refractivity contribution is 0.0971. The minimum atomic E-state index is -0.441. The zero-order chi connectivity index (χ0) is 13.9. The zero-order valence-electron chi connectivity index (χ0n) is 10.2. The van der Waals surface area contributed by atoms with Crippen LogP contribution < -0.4 is 0 Å². The Hall–Kier alpha value is -2.14. The molecule has 0 unspecified atom stereocenters. The molecule has 1 aromatic heterocycles. The van der Waals surface area contributed by atoms with Gasteiger partial charge in [-0.2, -0.15) is 5.10 Å². The summed E-state index contributed by atoms with van der Waals surface area (Å²) in [6, 6.07) is 1.38. The number of hydrogen-bond donors (Lipinski definition) is 1. The van der Waals surface area contributed by atoms with E-state index < -0.39 is 5.78 Å². The lowest BCUT2D eigenvalue weighted by atomic mass is 9.86. The normalized spacial score (nSPS) is 13.4. The smallest absolute Gasteiger partial charge is 0.216 e. The summed E-state index contributed by atoms with van der Waals surface area (Å²) in [5, 5.41) is 14.1. The maximum absolute atomic E-state index is 12.4. The SMILES string of the molecule is Cc1cc(O)c2c(c1Cl)C(=O)c1cnn(C)c1C2=O. The molecule has 6 heteroatoms. The van der Waals surface area contributed by atoms with E-state index in [2.05, 4.69) is 5.10 Å². The third-order valence-corrected chi connectivity index (χ3v) is 3.76. The largest absolute Gasteiger partial charge is 0.507 e. The third kappa shape index (κ3) is 1.39. The van der Waals surface area contributed by atoms with Crippen LogP contribution in [0.3, 0.4) is 0 Å². The Morgan fingerprint density at radius 1 is 1.26 bits per heavy atom. The van der Waals surface area contributed by atoms with Crippen molar-refractivity contribution < 1.29 is 14.7 Å². The summed E-state index contributed by atoms with van der Waals surface area (Å²) in [5.41, 5.74) is 0.951. The van der Waals surface area contributed by atoms with Crippen LogP contribution in [0.1, 0.15) is 37.5 Å². The number of halogens is 1. The highest BCUT2D eigenvalue weighted by atomic mass is 35.5. The van der Waals surface area contributed by atoms with Gasteiger partial charge in [-0.05, 0) is 18.6 Å². The van der Waals surface area contributed by atoms with Gasteiger partial charge in [-0.1, -0.05) is 11.6 Å². The monoisotopic (exact) mass is 276 g/mol. The quantitative estimate of drug-likeness (QED) is 0.680. The maximum Gasteiger partial charge on any atom is 0.216 e.